The third kappa shape index (κ3) is 6.51. The maximum atomic E-state index is 12.4. The van der Waals surface area contributed by atoms with Crippen LogP contribution >= 0.6 is 11.6 Å². The Balaban J connectivity index is 1.94. The van der Waals surface area contributed by atoms with Crippen molar-refractivity contribution < 1.29 is 9.59 Å². The lowest BCUT2D eigenvalue weighted by atomic mass is 9.85. The Hall–Kier alpha value is -1.59. The molecular weight excluding hydrogens is 362 g/mol. The van der Waals surface area contributed by atoms with Crippen molar-refractivity contribution in [1.29, 1.82) is 0 Å². The first-order valence-electron chi connectivity index (χ1n) is 9.84. The second kappa shape index (κ2) is 9.56. The number of hydrogen-bond acceptors (Lipinski definition) is 3. The highest BCUT2D eigenvalue weighted by Gasteiger charge is 2.23. The van der Waals surface area contributed by atoms with E-state index in [0.717, 1.165) is 19.5 Å². The summed E-state index contributed by atoms with van der Waals surface area (Å²) in [6.45, 7) is 10.1. The number of hydrogen-bond donors (Lipinski definition) is 3. The minimum Gasteiger partial charge on any atom is -0.347 e. The van der Waals surface area contributed by atoms with Crippen LogP contribution in [0, 0.1) is 11.8 Å². The summed E-state index contributed by atoms with van der Waals surface area (Å²) in [5.74, 6) is 0.646. The third-order valence-electron chi connectivity index (χ3n) is 5.48. The van der Waals surface area contributed by atoms with Crippen molar-refractivity contribution >= 4 is 29.1 Å². The Bertz CT molecular complexity index is 669. The number of benzene rings is 1. The predicted molar refractivity (Wildman–Crippen MR) is 111 cm³/mol. The molecule has 150 valence electrons. The van der Waals surface area contributed by atoms with Crippen LogP contribution in [-0.4, -0.2) is 30.4 Å². The van der Waals surface area contributed by atoms with Crippen LogP contribution in [-0.2, 0) is 4.79 Å². The first-order chi connectivity index (χ1) is 12.7. The van der Waals surface area contributed by atoms with Gasteiger partial charge in [-0.15, -0.1) is 0 Å². The largest absolute Gasteiger partial charge is 0.347 e. The fourth-order valence-electron chi connectivity index (χ4n) is 3.28. The van der Waals surface area contributed by atoms with Gasteiger partial charge in [0.2, 0.25) is 5.91 Å². The van der Waals surface area contributed by atoms with Gasteiger partial charge >= 0.3 is 0 Å². The number of anilines is 1. The van der Waals surface area contributed by atoms with E-state index in [9.17, 15) is 9.59 Å². The van der Waals surface area contributed by atoms with Crippen molar-refractivity contribution in [1.82, 2.24) is 10.6 Å². The molecule has 27 heavy (non-hydrogen) atoms. The Kier molecular flexibility index (Phi) is 7.68. The molecule has 1 aliphatic rings. The number of halogens is 1. The van der Waals surface area contributed by atoms with Crippen LogP contribution in [0.1, 0.15) is 63.7 Å². The second-order valence-electron chi connectivity index (χ2n) is 8.22. The zero-order chi connectivity index (χ0) is 20.0. The highest BCUT2D eigenvalue weighted by Crippen LogP contribution is 2.25. The molecule has 0 spiro atoms. The molecule has 1 aliphatic heterocycles. The molecule has 6 heteroatoms. The summed E-state index contributed by atoms with van der Waals surface area (Å²) < 4.78 is 0. The molecule has 5 nitrogen and oxygen atoms in total. The second-order valence-corrected chi connectivity index (χ2v) is 8.63. The van der Waals surface area contributed by atoms with Gasteiger partial charge in [0.05, 0.1) is 10.6 Å². The minimum atomic E-state index is -0.294. The monoisotopic (exact) mass is 393 g/mol. The van der Waals surface area contributed by atoms with Gasteiger partial charge in [0.25, 0.3) is 5.91 Å². The number of piperidine rings is 1. The van der Waals surface area contributed by atoms with Crippen LogP contribution < -0.4 is 16.0 Å². The molecule has 2 amide bonds. The molecule has 0 bridgehead atoms. The van der Waals surface area contributed by atoms with Crippen molar-refractivity contribution in [3.63, 3.8) is 0 Å². The number of amides is 2. The summed E-state index contributed by atoms with van der Waals surface area (Å²) in [5.41, 5.74) is 0.736. The average molecular weight is 394 g/mol. The fourth-order valence-corrected chi connectivity index (χ4v) is 3.54. The molecule has 0 saturated carbocycles. The van der Waals surface area contributed by atoms with Gasteiger partial charge in [-0.1, -0.05) is 25.4 Å². The van der Waals surface area contributed by atoms with Crippen molar-refractivity contribution in [2.24, 2.45) is 11.8 Å². The topological polar surface area (TPSA) is 70.2 Å². The van der Waals surface area contributed by atoms with Crippen LogP contribution in [0.2, 0.25) is 5.02 Å². The molecule has 1 aromatic carbocycles. The summed E-state index contributed by atoms with van der Waals surface area (Å²) in [6.07, 6.45) is 3.64. The molecule has 1 fully saturated rings. The summed E-state index contributed by atoms with van der Waals surface area (Å²) in [7, 11) is 0. The first kappa shape index (κ1) is 21.7. The first-order valence-corrected chi connectivity index (χ1v) is 10.2. The number of nitrogens with one attached hydrogen (secondary N) is 3. The van der Waals surface area contributed by atoms with Gasteiger partial charge in [-0.3, -0.25) is 9.59 Å². The number of carbonyl (C=O) groups excluding carboxylic acids is 2. The number of rotatable bonds is 7. The molecule has 2 unspecified atom stereocenters. The predicted octanol–water partition coefficient (Wildman–Crippen LogP) is 4.22. The summed E-state index contributed by atoms with van der Waals surface area (Å²) in [5, 5.41) is 9.60. The molecule has 2 rings (SSSR count). The van der Waals surface area contributed by atoms with Crippen molar-refractivity contribution in [2.45, 2.75) is 58.9 Å². The van der Waals surface area contributed by atoms with Crippen LogP contribution in [0.4, 0.5) is 5.69 Å². The lowest BCUT2D eigenvalue weighted by molar-refractivity contribution is -0.117. The average Bonchev–Trinajstić information content (AvgIpc) is 2.62. The van der Waals surface area contributed by atoms with Crippen LogP contribution in [0.5, 0.6) is 0 Å². The van der Waals surface area contributed by atoms with E-state index in [4.69, 9.17) is 11.6 Å². The fraction of sp³-hybridized carbons (Fsp3) is 0.619. The molecule has 3 N–H and O–H groups in total. The van der Waals surface area contributed by atoms with E-state index in [1.165, 1.54) is 12.8 Å². The van der Waals surface area contributed by atoms with Crippen LogP contribution in [0.15, 0.2) is 18.2 Å². The highest BCUT2D eigenvalue weighted by molar-refractivity contribution is 6.34. The van der Waals surface area contributed by atoms with Gasteiger partial charge in [-0.2, -0.15) is 0 Å². The van der Waals surface area contributed by atoms with Crippen molar-refractivity contribution in [2.75, 3.05) is 18.4 Å². The van der Waals surface area contributed by atoms with Gasteiger partial charge in [0.1, 0.15) is 0 Å². The Morgan fingerprint density at radius 2 is 2.11 bits per heavy atom. The standard InChI is InChI=1S/C21H32ClN3O2/c1-5-21(3,4)25-20(27)17-9-8-16(12-18(17)22)24-19(26)11-14(2)15-7-6-10-23-13-15/h8-9,12,14-15,23H,5-7,10-11,13H2,1-4H3,(H,24,26)(H,25,27). The number of carbonyl (C=O) groups is 2. The van der Waals surface area contributed by atoms with E-state index < -0.39 is 0 Å². The van der Waals surface area contributed by atoms with Crippen LogP contribution in [0.25, 0.3) is 0 Å². The van der Waals surface area contributed by atoms with E-state index in [1.54, 1.807) is 18.2 Å². The summed E-state index contributed by atoms with van der Waals surface area (Å²) in [4.78, 5) is 24.8. The van der Waals surface area contributed by atoms with E-state index in [0.29, 0.717) is 34.5 Å². The molecule has 0 aromatic heterocycles. The zero-order valence-corrected chi connectivity index (χ0v) is 17.6. The van der Waals surface area contributed by atoms with Crippen molar-refractivity contribution in [3.05, 3.63) is 28.8 Å². The van der Waals surface area contributed by atoms with E-state index >= 15 is 0 Å². The summed E-state index contributed by atoms with van der Waals surface area (Å²) in [6, 6.07) is 5.03. The maximum absolute atomic E-state index is 12.4. The van der Waals surface area contributed by atoms with Gasteiger partial charge in [0.15, 0.2) is 0 Å². The lowest BCUT2D eigenvalue weighted by Crippen LogP contribution is -2.42. The van der Waals surface area contributed by atoms with Crippen LogP contribution in [0.3, 0.4) is 0 Å². The highest BCUT2D eigenvalue weighted by atomic mass is 35.5. The normalized spacial score (nSPS) is 18.6. The molecule has 1 heterocycles. The quantitative estimate of drug-likeness (QED) is 0.649. The van der Waals surface area contributed by atoms with E-state index in [-0.39, 0.29) is 17.4 Å². The molecule has 0 aliphatic carbocycles. The minimum absolute atomic E-state index is 0.0199. The van der Waals surface area contributed by atoms with Gasteiger partial charge in [-0.05, 0) is 76.2 Å². The smallest absolute Gasteiger partial charge is 0.253 e. The zero-order valence-electron chi connectivity index (χ0n) is 16.8. The molecule has 2 atom stereocenters. The Labute approximate surface area is 167 Å². The Morgan fingerprint density at radius 3 is 2.70 bits per heavy atom. The third-order valence-corrected chi connectivity index (χ3v) is 5.79. The lowest BCUT2D eigenvalue weighted by Gasteiger charge is -2.28. The van der Waals surface area contributed by atoms with Gasteiger partial charge in [-0.25, -0.2) is 0 Å². The molecule has 1 saturated heterocycles. The van der Waals surface area contributed by atoms with E-state index in [1.807, 2.05) is 20.8 Å². The molecule has 1 aromatic rings. The van der Waals surface area contributed by atoms with Crippen molar-refractivity contribution in [3.8, 4) is 0 Å². The van der Waals surface area contributed by atoms with Gasteiger partial charge in [0, 0.05) is 17.6 Å². The summed E-state index contributed by atoms with van der Waals surface area (Å²) >= 11 is 6.29. The molecule has 0 radical (unpaired) electrons. The maximum Gasteiger partial charge on any atom is 0.253 e. The Morgan fingerprint density at radius 1 is 1.37 bits per heavy atom. The van der Waals surface area contributed by atoms with Gasteiger partial charge < -0.3 is 16.0 Å². The molecular formula is C21H32ClN3O2. The SMILES string of the molecule is CCC(C)(C)NC(=O)c1ccc(NC(=O)CC(C)C2CCCNC2)cc1Cl. The van der Waals surface area contributed by atoms with E-state index in [2.05, 4.69) is 22.9 Å².